The molecule has 0 heterocycles. The summed E-state index contributed by atoms with van der Waals surface area (Å²) in [7, 11) is -2.23. The number of sulfonamides is 1. The van der Waals surface area contributed by atoms with Gasteiger partial charge in [-0.2, -0.15) is 0 Å². The zero-order valence-corrected chi connectivity index (χ0v) is 22.4. The average Bonchev–Trinajstić information content (AvgIpc) is 2.84. The van der Waals surface area contributed by atoms with Crippen LogP contribution in [0.5, 0.6) is 5.75 Å². The number of methoxy groups -OCH3 is 1. The van der Waals surface area contributed by atoms with E-state index in [-0.39, 0.29) is 21.8 Å². The first-order chi connectivity index (χ1) is 17.1. The monoisotopic (exact) mass is 525 g/mol. The highest BCUT2D eigenvalue weighted by Crippen LogP contribution is 2.21. The molecule has 1 amide bonds. The summed E-state index contributed by atoms with van der Waals surface area (Å²) in [6, 6.07) is 20.7. The fourth-order valence-corrected chi connectivity index (χ4v) is 4.82. The number of carbonyl (C=O) groups excluding carboxylic acids is 1. The molecular formula is C27H31N3O4S2. The van der Waals surface area contributed by atoms with E-state index in [1.54, 1.807) is 43.5 Å². The van der Waals surface area contributed by atoms with Gasteiger partial charge in [0.2, 0.25) is 5.91 Å². The Bertz CT molecular complexity index is 1290. The van der Waals surface area contributed by atoms with Crippen LogP contribution in [0.25, 0.3) is 0 Å². The molecule has 0 saturated carbocycles. The molecule has 1 atom stereocenters. The number of thiocarbonyl (C=S) groups is 1. The maximum Gasteiger partial charge on any atom is 0.261 e. The second-order valence-corrected chi connectivity index (χ2v) is 11.0. The number of ether oxygens (including phenoxy) is 1. The van der Waals surface area contributed by atoms with Crippen LogP contribution in [0.3, 0.4) is 0 Å². The van der Waals surface area contributed by atoms with E-state index in [2.05, 4.69) is 41.3 Å². The Kier molecular flexibility index (Phi) is 9.06. The van der Waals surface area contributed by atoms with Gasteiger partial charge in [-0.1, -0.05) is 38.1 Å². The third-order valence-electron chi connectivity index (χ3n) is 5.52. The predicted octanol–water partition coefficient (Wildman–Crippen LogP) is 5.31. The highest BCUT2D eigenvalue weighted by molar-refractivity contribution is 7.92. The number of amides is 1. The lowest BCUT2D eigenvalue weighted by Gasteiger charge is -2.15. The van der Waals surface area contributed by atoms with Gasteiger partial charge < -0.3 is 15.4 Å². The van der Waals surface area contributed by atoms with Crippen molar-refractivity contribution in [3.05, 3.63) is 83.9 Å². The first-order valence-corrected chi connectivity index (χ1v) is 13.4. The van der Waals surface area contributed by atoms with E-state index in [0.29, 0.717) is 23.0 Å². The molecule has 0 fully saturated rings. The highest BCUT2D eigenvalue weighted by atomic mass is 32.2. The normalized spacial score (nSPS) is 12.0. The number of rotatable bonds is 9. The van der Waals surface area contributed by atoms with Gasteiger partial charge in [0.25, 0.3) is 10.0 Å². The molecule has 0 aliphatic carbocycles. The summed E-state index contributed by atoms with van der Waals surface area (Å²) in [5.74, 6) is 0.589. The first kappa shape index (κ1) is 27.2. The minimum atomic E-state index is -3.77. The quantitative estimate of drug-likeness (QED) is 0.328. The molecule has 3 N–H and O–H groups in total. The van der Waals surface area contributed by atoms with Gasteiger partial charge in [0, 0.05) is 11.4 Å². The van der Waals surface area contributed by atoms with Gasteiger partial charge in [-0.25, -0.2) is 8.42 Å². The van der Waals surface area contributed by atoms with E-state index in [1.165, 1.54) is 17.7 Å². The first-order valence-electron chi connectivity index (χ1n) is 11.5. The molecule has 0 aromatic heterocycles. The van der Waals surface area contributed by atoms with Crippen LogP contribution in [-0.2, 0) is 21.2 Å². The van der Waals surface area contributed by atoms with Crippen LogP contribution >= 0.6 is 12.2 Å². The van der Waals surface area contributed by atoms with Crippen LogP contribution < -0.4 is 20.1 Å². The Labute approximate surface area is 218 Å². The van der Waals surface area contributed by atoms with Crippen LogP contribution in [0.1, 0.15) is 37.8 Å². The number of anilines is 2. The van der Waals surface area contributed by atoms with Crippen LogP contribution in [-0.4, -0.2) is 26.5 Å². The van der Waals surface area contributed by atoms with Crippen molar-refractivity contribution in [3.8, 4) is 5.75 Å². The molecular weight excluding hydrogens is 494 g/mol. The molecule has 0 aliphatic rings. The lowest BCUT2D eigenvalue weighted by atomic mass is 9.96. The second-order valence-electron chi connectivity index (χ2n) is 8.86. The molecule has 190 valence electrons. The predicted molar refractivity (Wildman–Crippen MR) is 148 cm³/mol. The minimum Gasteiger partial charge on any atom is -0.497 e. The van der Waals surface area contributed by atoms with Crippen LogP contribution in [0.4, 0.5) is 11.4 Å². The van der Waals surface area contributed by atoms with E-state index in [9.17, 15) is 13.2 Å². The van der Waals surface area contributed by atoms with Gasteiger partial charge in [0.1, 0.15) is 5.75 Å². The zero-order valence-electron chi connectivity index (χ0n) is 20.7. The summed E-state index contributed by atoms with van der Waals surface area (Å²) in [6.07, 6.45) is 0.993. The lowest BCUT2D eigenvalue weighted by Crippen LogP contribution is -2.36. The van der Waals surface area contributed by atoms with Crippen molar-refractivity contribution in [1.29, 1.82) is 0 Å². The van der Waals surface area contributed by atoms with Crippen molar-refractivity contribution in [1.82, 2.24) is 5.32 Å². The van der Waals surface area contributed by atoms with Crippen molar-refractivity contribution in [2.24, 2.45) is 5.92 Å². The van der Waals surface area contributed by atoms with Crippen molar-refractivity contribution in [2.45, 2.75) is 38.0 Å². The number of nitrogens with one attached hydrogen (secondary N) is 3. The number of benzene rings is 3. The molecule has 0 spiro atoms. The Hall–Kier alpha value is -3.43. The second kappa shape index (κ2) is 12.0. The number of hydrogen-bond donors (Lipinski definition) is 3. The molecule has 9 heteroatoms. The van der Waals surface area contributed by atoms with Crippen LogP contribution in [0.2, 0.25) is 0 Å². The maximum absolute atomic E-state index is 12.7. The van der Waals surface area contributed by atoms with Gasteiger partial charge in [-0.05, 0) is 91.1 Å². The van der Waals surface area contributed by atoms with Crippen molar-refractivity contribution < 1.29 is 17.9 Å². The van der Waals surface area contributed by atoms with E-state index in [1.807, 2.05) is 19.1 Å². The molecule has 3 aromatic rings. The third-order valence-corrected chi connectivity index (χ3v) is 7.12. The van der Waals surface area contributed by atoms with E-state index in [0.717, 1.165) is 12.0 Å². The summed E-state index contributed by atoms with van der Waals surface area (Å²) in [6.45, 7) is 6.17. The fraction of sp³-hybridized carbons (Fsp3) is 0.259. The SMILES string of the molecule is COc1ccc(NS(=O)(=O)c2ccc(NC(=S)NC(=O)C(C)c3ccc(CC(C)C)cc3)cc2)cc1. The highest BCUT2D eigenvalue weighted by Gasteiger charge is 2.17. The smallest absolute Gasteiger partial charge is 0.261 e. The molecule has 3 rings (SSSR count). The average molecular weight is 526 g/mol. The van der Waals surface area contributed by atoms with Gasteiger partial charge in [0.05, 0.1) is 17.9 Å². The Balaban J connectivity index is 1.56. The zero-order chi connectivity index (χ0) is 26.3. The summed E-state index contributed by atoms with van der Waals surface area (Å²) in [5, 5.41) is 5.76. The fourth-order valence-electron chi connectivity index (χ4n) is 3.54. The topological polar surface area (TPSA) is 96.5 Å². The van der Waals surface area contributed by atoms with Gasteiger partial charge >= 0.3 is 0 Å². The van der Waals surface area contributed by atoms with Crippen molar-refractivity contribution in [3.63, 3.8) is 0 Å². The molecule has 36 heavy (non-hydrogen) atoms. The molecule has 7 nitrogen and oxygen atoms in total. The van der Waals surface area contributed by atoms with Crippen LogP contribution in [0.15, 0.2) is 77.7 Å². The maximum atomic E-state index is 12.7. The molecule has 3 aromatic carbocycles. The number of hydrogen-bond acceptors (Lipinski definition) is 5. The van der Waals surface area contributed by atoms with Crippen LogP contribution in [0, 0.1) is 5.92 Å². The summed E-state index contributed by atoms with van der Waals surface area (Å²) in [5.41, 5.74) is 3.12. The van der Waals surface area contributed by atoms with Gasteiger partial charge in [-0.15, -0.1) is 0 Å². The van der Waals surface area contributed by atoms with Crippen molar-refractivity contribution >= 4 is 44.6 Å². The Morgan fingerprint density at radius 3 is 2.03 bits per heavy atom. The molecule has 0 radical (unpaired) electrons. The molecule has 1 unspecified atom stereocenters. The summed E-state index contributed by atoms with van der Waals surface area (Å²) >= 11 is 5.28. The molecule has 0 bridgehead atoms. The Morgan fingerprint density at radius 2 is 1.47 bits per heavy atom. The van der Waals surface area contributed by atoms with E-state index >= 15 is 0 Å². The third kappa shape index (κ3) is 7.53. The standard InChI is InChI=1S/C27H31N3O4S2/c1-18(2)17-20-5-7-21(8-6-20)19(3)26(31)29-27(35)28-22-11-15-25(16-12-22)36(32,33)30-23-9-13-24(34-4)14-10-23/h5-16,18-19,30H,17H2,1-4H3,(H2,28,29,31,35). The summed E-state index contributed by atoms with van der Waals surface area (Å²) < 4.78 is 33.0. The lowest BCUT2D eigenvalue weighted by molar-refractivity contribution is -0.120. The van der Waals surface area contributed by atoms with Gasteiger partial charge in [0.15, 0.2) is 5.11 Å². The molecule has 0 aliphatic heterocycles. The van der Waals surface area contributed by atoms with Gasteiger partial charge in [-0.3, -0.25) is 9.52 Å². The van der Waals surface area contributed by atoms with E-state index < -0.39 is 10.0 Å². The van der Waals surface area contributed by atoms with E-state index in [4.69, 9.17) is 17.0 Å². The minimum absolute atomic E-state index is 0.0911. The van der Waals surface area contributed by atoms with Crippen molar-refractivity contribution in [2.75, 3.05) is 17.1 Å². The largest absolute Gasteiger partial charge is 0.497 e. The Morgan fingerprint density at radius 1 is 0.889 bits per heavy atom. The molecule has 0 saturated heterocycles. The number of carbonyl (C=O) groups is 1. The summed E-state index contributed by atoms with van der Waals surface area (Å²) in [4.78, 5) is 12.8.